The topological polar surface area (TPSA) is 37.3 Å². The summed E-state index contributed by atoms with van der Waals surface area (Å²) < 4.78 is 13.3. The van der Waals surface area contributed by atoms with Gasteiger partial charge in [0.2, 0.25) is 0 Å². The van der Waals surface area contributed by atoms with Crippen LogP contribution >= 0.6 is 0 Å². The van der Waals surface area contributed by atoms with Gasteiger partial charge in [0.15, 0.2) is 0 Å². The van der Waals surface area contributed by atoms with E-state index < -0.39 is 5.97 Å². The molecular formula is C19H23FO2. The van der Waals surface area contributed by atoms with Crippen molar-refractivity contribution >= 4 is 5.97 Å². The van der Waals surface area contributed by atoms with Gasteiger partial charge in [-0.1, -0.05) is 19.1 Å². The van der Waals surface area contributed by atoms with Crippen LogP contribution in [0.25, 0.3) is 0 Å². The number of carbonyl (C=O) groups is 1. The first kappa shape index (κ1) is 14.2. The minimum Gasteiger partial charge on any atom is -0.481 e. The lowest BCUT2D eigenvalue weighted by atomic mass is 9.39. The molecule has 0 saturated heterocycles. The molecule has 5 rings (SSSR count). The molecule has 4 aliphatic carbocycles. The lowest BCUT2D eigenvalue weighted by Crippen LogP contribution is -2.59. The molecule has 1 N–H and O–H groups in total. The number of benzene rings is 1. The molecule has 4 bridgehead atoms. The summed E-state index contributed by atoms with van der Waals surface area (Å²) in [5.74, 6) is 0.674. The largest absolute Gasteiger partial charge is 0.481 e. The third-order valence-corrected chi connectivity index (χ3v) is 6.78. The van der Waals surface area contributed by atoms with E-state index in [9.17, 15) is 14.3 Å². The quantitative estimate of drug-likeness (QED) is 0.899. The number of halogens is 1. The van der Waals surface area contributed by atoms with Crippen LogP contribution in [0.4, 0.5) is 4.39 Å². The Balaban J connectivity index is 1.82. The molecule has 22 heavy (non-hydrogen) atoms. The van der Waals surface area contributed by atoms with Crippen LogP contribution in [0.15, 0.2) is 24.3 Å². The number of carboxylic acid groups (broad SMARTS) is 1. The fraction of sp³-hybridized carbons (Fsp3) is 0.632. The second-order valence-corrected chi connectivity index (χ2v) is 8.27. The van der Waals surface area contributed by atoms with Crippen molar-refractivity contribution in [1.82, 2.24) is 0 Å². The maximum Gasteiger partial charge on any atom is 0.304 e. The fourth-order valence-electron chi connectivity index (χ4n) is 6.36. The summed E-state index contributed by atoms with van der Waals surface area (Å²) in [6, 6.07) is 6.66. The molecular weight excluding hydrogens is 279 g/mol. The monoisotopic (exact) mass is 302 g/mol. The molecule has 1 aromatic rings. The van der Waals surface area contributed by atoms with E-state index in [1.807, 2.05) is 12.1 Å². The maximum absolute atomic E-state index is 13.3. The smallest absolute Gasteiger partial charge is 0.304 e. The van der Waals surface area contributed by atoms with Crippen molar-refractivity contribution in [2.24, 2.45) is 23.2 Å². The van der Waals surface area contributed by atoms with Crippen molar-refractivity contribution < 1.29 is 14.3 Å². The van der Waals surface area contributed by atoms with Crippen molar-refractivity contribution in [1.29, 1.82) is 0 Å². The molecule has 0 aromatic heterocycles. The summed E-state index contributed by atoms with van der Waals surface area (Å²) in [5, 5.41) is 9.57. The van der Waals surface area contributed by atoms with Gasteiger partial charge in [0, 0.05) is 5.41 Å². The van der Waals surface area contributed by atoms with Gasteiger partial charge in [0.05, 0.1) is 6.42 Å². The molecule has 4 fully saturated rings. The van der Waals surface area contributed by atoms with E-state index in [1.54, 1.807) is 0 Å². The SMILES string of the molecule is CC12CC3CC(C1)C(CC(=O)O)(c1ccc(F)cc1)C(C3)C2. The zero-order valence-electron chi connectivity index (χ0n) is 13.0. The van der Waals surface area contributed by atoms with E-state index in [0.717, 1.165) is 37.2 Å². The van der Waals surface area contributed by atoms with Gasteiger partial charge in [0.25, 0.3) is 0 Å². The van der Waals surface area contributed by atoms with Crippen LogP contribution in [0.2, 0.25) is 0 Å². The zero-order valence-corrected chi connectivity index (χ0v) is 13.0. The Kier molecular flexibility index (Phi) is 2.95. The summed E-state index contributed by atoms with van der Waals surface area (Å²) in [7, 11) is 0. The van der Waals surface area contributed by atoms with E-state index >= 15 is 0 Å². The third kappa shape index (κ3) is 1.94. The Morgan fingerprint density at radius 1 is 1.18 bits per heavy atom. The molecule has 2 atom stereocenters. The van der Waals surface area contributed by atoms with Crippen LogP contribution < -0.4 is 0 Å². The molecule has 4 aliphatic rings. The second kappa shape index (κ2) is 4.56. The van der Waals surface area contributed by atoms with Crippen LogP contribution in [0.3, 0.4) is 0 Å². The van der Waals surface area contributed by atoms with Gasteiger partial charge in [-0.15, -0.1) is 0 Å². The number of hydrogen-bond acceptors (Lipinski definition) is 1. The molecule has 0 aliphatic heterocycles. The molecule has 3 heteroatoms. The summed E-state index contributed by atoms with van der Waals surface area (Å²) in [5.41, 5.74) is 1.17. The van der Waals surface area contributed by atoms with Crippen molar-refractivity contribution in [2.75, 3.05) is 0 Å². The molecule has 4 saturated carbocycles. The van der Waals surface area contributed by atoms with Crippen molar-refractivity contribution in [3.05, 3.63) is 35.6 Å². The average molecular weight is 302 g/mol. The van der Waals surface area contributed by atoms with Crippen LogP contribution in [-0.4, -0.2) is 11.1 Å². The lowest BCUT2D eigenvalue weighted by Gasteiger charge is -2.65. The minimum absolute atomic E-state index is 0.191. The van der Waals surface area contributed by atoms with Crippen molar-refractivity contribution in [3.63, 3.8) is 0 Å². The van der Waals surface area contributed by atoms with Gasteiger partial charge in [-0.25, -0.2) is 4.39 Å². The molecule has 2 unspecified atom stereocenters. The van der Waals surface area contributed by atoms with Gasteiger partial charge < -0.3 is 5.11 Å². The van der Waals surface area contributed by atoms with Gasteiger partial charge in [0.1, 0.15) is 5.82 Å². The van der Waals surface area contributed by atoms with Gasteiger partial charge in [-0.05, 0) is 73.0 Å². The van der Waals surface area contributed by atoms with Gasteiger partial charge in [-0.2, -0.15) is 0 Å². The minimum atomic E-state index is -0.720. The van der Waals surface area contributed by atoms with E-state index in [-0.39, 0.29) is 17.7 Å². The standard InChI is InChI=1S/C19H23FO2/c1-18-8-12-6-14(9-18)19(11-17(21)22,15(7-12)10-18)13-2-4-16(20)5-3-13/h2-5,12,14-15H,6-11H2,1H3,(H,21,22). The summed E-state index contributed by atoms with van der Waals surface area (Å²) in [6.07, 6.45) is 6.06. The Hall–Kier alpha value is -1.38. The normalized spacial score (nSPS) is 42.5. The lowest BCUT2D eigenvalue weighted by molar-refractivity contribution is -0.149. The van der Waals surface area contributed by atoms with Crippen LogP contribution in [0, 0.1) is 29.0 Å². The van der Waals surface area contributed by atoms with Crippen LogP contribution in [0.1, 0.15) is 51.0 Å². The molecule has 0 amide bonds. The Bertz CT molecular complexity index is 590. The van der Waals surface area contributed by atoms with E-state index in [1.165, 1.54) is 18.6 Å². The summed E-state index contributed by atoms with van der Waals surface area (Å²) in [6.45, 7) is 2.38. The Morgan fingerprint density at radius 3 is 2.27 bits per heavy atom. The van der Waals surface area contributed by atoms with Crippen LogP contribution in [-0.2, 0) is 10.2 Å². The first-order valence-electron chi connectivity index (χ1n) is 8.39. The highest BCUT2D eigenvalue weighted by Crippen LogP contribution is 2.68. The molecule has 118 valence electrons. The summed E-state index contributed by atoms with van der Waals surface area (Å²) >= 11 is 0. The molecule has 0 radical (unpaired) electrons. The predicted octanol–water partition coefficient (Wildman–Crippen LogP) is 4.38. The second-order valence-electron chi connectivity index (χ2n) is 8.27. The maximum atomic E-state index is 13.3. The fourth-order valence-corrected chi connectivity index (χ4v) is 6.36. The van der Waals surface area contributed by atoms with E-state index in [2.05, 4.69) is 6.92 Å². The van der Waals surface area contributed by atoms with Crippen molar-refractivity contribution in [2.45, 2.75) is 50.9 Å². The third-order valence-electron chi connectivity index (χ3n) is 6.78. The zero-order chi connectivity index (χ0) is 15.5. The molecule has 1 aromatic carbocycles. The van der Waals surface area contributed by atoms with Gasteiger partial charge >= 0.3 is 5.97 Å². The average Bonchev–Trinajstić information content (AvgIpc) is 2.42. The number of rotatable bonds is 3. The first-order valence-corrected chi connectivity index (χ1v) is 8.39. The highest BCUT2D eigenvalue weighted by molar-refractivity contribution is 5.69. The van der Waals surface area contributed by atoms with Crippen LogP contribution in [0.5, 0.6) is 0 Å². The first-order chi connectivity index (χ1) is 10.4. The van der Waals surface area contributed by atoms with Gasteiger partial charge in [-0.3, -0.25) is 4.79 Å². The highest BCUT2D eigenvalue weighted by atomic mass is 19.1. The number of carboxylic acids is 1. The Morgan fingerprint density at radius 2 is 1.77 bits per heavy atom. The van der Waals surface area contributed by atoms with E-state index in [4.69, 9.17) is 0 Å². The number of aliphatic carboxylic acids is 1. The molecule has 0 heterocycles. The van der Waals surface area contributed by atoms with E-state index in [0.29, 0.717) is 17.3 Å². The van der Waals surface area contributed by atoms with Crippen molar-refractivity contribution in [3.8, 4) is 0 Å². The molecule has 2 nitrogen and oxygen atoms in total. The summed E-state index contributed by atoms with van der Waals surface area (Å²) in [4.78, 5) is 11.6. The number of hydrogen-bond donors (Lipinski definition) is 1. The highest BCUT2D eigenvalue weighted by Gasteiger charge is 2.61. The predicted molar refractivity (Wildman–Crippen MR) is 82.0 cm³/mol. The molecule has 0 spiro atoms. The Labute approximate surface area is 130 Å².